The van der Waals surface area contributed by atoms with Crippen molar-refractivity contribution in [2.45, 2.75) is 43.1 Å². The monoisotopic (exact) mass is 202 g/mol. The van der Waals surface area contributed by atoms with Crippen LogP contribution in [0.5, 0.6) is 0 Å². The van der Waals surface area contributed by atoms with Gasteiger partial charge in [-0.25, -0.2) is 8.42 Å². The molecule has 13 heavy (non-hydrogen) atoms. The number of hydrogen-bond acceptors (Lipinski definition) is 3. The second-order valence-corrected chi connectivity index (χ2v) is 6.33. The van der Waals surface area contributed by atoms with Gasteiger partial charge < -0.3 is 5.11 Å². The average molecular weight is 202 g/mol. The smallest absolute Gasteiger partial charge is 0.166 e. The van der Waals surface area contributed by atoms with Gasteiger partial charge in [-0.1, -0.05) is 6.42 Å². The van der Waals surface area contributed by atoms with Crippen molar-refractivity contribution in [1.29, 1.82) is 0 Å². The Morgan fingerprint density at radius 2 is 2.08 bits per heavy atom. The Kier molecular flexibility index (Phi) is 1.91. The fourth-order valence-electron chi connectivity index (χ4n) is 2.30. The van der Waals surface area contributed by atoms with E-state index in [1.54, 1.807) is 6.92 Å². The number of aliphatic hydroxyl groups excluding tert-OH is 1. The van der Waals surface area contributed by atoms with E-state index in [0.717, 1.165) is 24.8 Å². The van der Waals surface area contributed by atoms with Gasteiger partial charge >= 0.3 is 0 Å². The first-order valence-corrected chi connectivity index (χ1v) is 6.30. The molecule has 1 saturated carbocycles. The zero-order chi connectivity index (χ0) is 9.64. The van der Waals surface area contributed by atoms with E-state index in [0.29, 0.717) is 6.42 Å². The van der Waals surface area contributed by atoms with Gasteiger partial charge in [0.05, 0.1) is 5.25 Å². The van der Waals surface area contributed by atoms with Crippen molar-refractivity contribution >= 4 is 9.84 Å². The van der Waals surface area contributed by atoms with E-state index in [1.165, 1.54) is 0 Å². The third-order valence-electron chi connectivity index (χ3n) is 3.15. The molecule has 74 valence electrons. The normalized spacial score (nSPS) is 37.6. The van der Waals surface area contributed by atoms with Gasteiger partial charge in [0.25, 0.3) is 0 Å². The van der Waals surface area contributed by atoms with Crippen molar-refractivity contribution in [2.24, 2.45) is 0 Å². The van der Waals surface area contributed by atoms with Crippen LogP contribution in [0, 0.1) is 0 Å². The van der Waals surface area contributed by atoms with Crippen LogP contribution in [-0.2, 0) is 9.84 Å². The highest BCUT2D eigenvalue weighted by Gasteiger charge is 2.45. The topological polar surface area (TPSA) is 54.4 Å². The fraction of sp³-hybridized carbons (Fsp3) is 0.778. The molecule has 4 heteroatoms. The van der Waals surface area contributed by atoms with Crippen LogP contribution in [0.4, 0.5) is 0 Å². The minimum Gasteiger partial charge on any atom is -0.511 e. The van der Waals surface area contributed by atoms with E-state index in [4.69, 9.17) is 0 Å². The average Bonchev–Trinajstić information content (AvgIpc) is 2.30. The van der Waals surface area contributed by atoms with Crippen LogP contribution >= 0.6 is 0 Å². The molecular formula is C9H14O3S. The highest BCUT2D eigenvalue weighted by molar-refractivity contribution is 7.93. The summed E-state index contributed by atoms with van der Waals surface area (Å²) in [5.74, 6) is 0.129. The summed E-state index contributed by atoms with van der Waals surface area (Å²) in [4.78, 5) is 0. The molecule has 2 atom stereocenters. The molecule has 0 aromatic rings. The molecule has 0 aromatic heterocycles. The van der Waals surface area contributed by atoms with Gasteiger partial charge in [0.15, 0.2) is 9.84 Å². The Bertz CT molecular complexity index is 353. The second-order valence-electron chi connectivity index (χ2n) is 3.88. The van der Waals surface area contributed by atoms with E-state index < -0.39 is 15.1 Å². The molecule has 0 bridgehead atoms. The molecule has 1 aliphatic carbocycles. The van der Waals surface area contributed by atoms with Gasteiger partial charge in [0.1, 0.15) is 11.0 Å². The lowest BCUT2D eigenvalue weighted by Crippen LogP contribution is -2.26. The van der Waals surface area contributed by atoms with Gasteiger partial charge in [0.2, 0.25) is 0 Å². The van der Waals surface area contributed by atoms with Crippen molar-refractivity contribution in [3.05, 3.63) is 11.3 Å². The Morgan fingerprint density at radius 1 is 1.38 bits per heavy atom. The van der Waals surface area contributed by atoms with E-state index >= 15 is 0 Å². The van der Waals surface area contributed by atoms with Gasteiger partial charge in [0, 0.05) is 0 Å². The van der Waals surface area contributed by atoms with Crippen molar-refractivity contribution in [3.8, 4) is 0 Å². The van der Waals surface area contributed by atoms with Gasteiger partial charge in [-0.3, -0.25) is 0 Å². The molecule has 1 aliphatic heterocycles. The summed E-state index contributed by atoms with van der Waals surface area (Å²) in [5.41, 5.74) is 0.791. The quantitative estimate of drug-likeness (QED) is 0.648. The summed E-state index contributed by atoms with van der Waals surface area (Å²) in [5, 5.41) is 8.60. The maximum atomic E-state index is 11.7. The van der Waals surface area contributed by atoms with E-state index in [2.05, 4.69) is 0 Å². The first-order chi connectivity index (χ1) is 6.05. The van der Waals surface area contributed by atoms with E-state index in [9.17, 15) is 13.5 Å². The summed E-state index contributed by atoms with van der Waals surface area (Å²) < 4.78 is 23.5. The molecule has 0 amide bonds. The minimum atomic E-state index is -3.10. The molecule has 0 spiro atoms. The highest BCUT2D eigenvalue weighted by Crippen LogP contribution is 2.40. The highest BCUT2D eigenvalue weighted by atomic mass is 32.2. The van der Waals surface area contributed by atoms with E-state index in [1.807, 2.05) is 0 Å². The zero-order valence-electron chi connectivity index (χ0n) is 7.66. The van der Waals surface area contributed by atoms with Crippen molar-refractivity contribution in [2.75, 3.05) is 0 Å². The molecule has 2 unspecified atom stereocenters. The zero-order valence-corrected chi connectivity index (χ0v) is 8.47. The standard InChI is InChI=1S/C9H14O3S/c1-6-9(10)7-4-2-3-5-8(7)13(6,11)12/h6,8,10H,2-5H2,1H3. The molecule has 0 radical (unpaired) electrons. The third-order valence-corrected chi connectivity index (χ3v) is 5.68. The predicted molar refractivity (Wildman–Crippen MR) is 50.3 cm³/mol. The molecule has 1 N–H and O–H groups in total. The molecule has 1 heterocycles. The summed E-state index contributed by atoms with van der Waals surface area (Å²) >= 11 is 0. The van der Waals surface area contributed by atoms with E-state index in [-0.39, 0.29) is 11.0 Å². The summed E-state index contributed by atoms with van der Waals surface area (Å²) in [7, 11) is -3.10. The Balaban J connectivity index is 2.48. The Hall–Kier alpha value is -0.510. The summed E-state index contributed by atoms with van der Waals surface area (Å²) in [6, 6.07) is 0. The fourth-order valence-corrected chi connectivity index (χ4v) is 4.38. The van der Waals surface area contributed by atoms with Crippen LogP contribution in [0.2, 0.25) is 0 Å². The van der Waals surface area contributed by atoms with Gasteiger partial charge in [-0.15, -0.1) is 0 Å². The number of hydrogen-bond donors (Lipinski definition) is 1. The number of aliphatic hydroxyl groups is 1. The van der Waals surface area contributed by atoms with Crippen molar-refractivity contribution in [1.82, 2.24) is 0 Å². The van der Waals surface area contributed by atoms with Crippen LogP contribution in [-0.4, -0.2) is 24.0 Å². The third kappa shape index (κ3) is 1.11. The van der Waals surface area contributed by atoms with Crippen LogP contribution < -0.4 is 0 Å². The SMILES string of the molecule is CC1C(O)=C2CCCCC2S1(=O)=O. The van der Waals surface area contributed by atoms with Crippen molar-refractivity contribution < 1.29 is 13.5 Å². The molecule has 2 rings (SSSR count). The summed E-state index contributed by atoms with van der Waals surface area (Å²) in [6.45, 7) is 1.58. The molecule has 1 fully saturated rings. The molecular weight excluding hydrogens is 188 g/mol. The minimum absolute atomic E-state index is 0.129. The molecule has 3 nitrogen and oxygen atoms in total. The largest absolute Gasteiger partial charge is 0.511 e. The van der Waals surface area contributed by atoms with Gasteiger partial charge in [-0.05, 0) is 31.8 Å². The van der Waals surface area contributed by atoms with Crippen LogP contribution in [0.1, 0.15) is 32.6 Å². The molecule has 2 aliphatic rings. The summed E-state index contributed by atoms with van der Waals surface area (Å²) in [6.07, 6.45) is 3.44. The lowest BCUT2D eigenvalue weighted by molar-refractivity contribution is 0.385. The lowest BCUT2D eigenvalue weighted by atomic mass is 9.93. The molecule has 0 saturated heterocycles. The number of rotatable bonds is 0. The lowest BCUT2D eigenvalue weighted by Gasteiger charge is -2.19. The maximum Gasteiger partial charge on any atom is 0.166 e. The number of fused-ring (bicyclic) bond motifs is 1. The van der Waals surface area contributed by atoms with Crippen molar-refractivity contribution in [3.63, 3.8) is 0 Å². The molecule has 0 aromatic carbocycles. The Morgan fingerprint density at radius 3 is 2.69 bits per heavy atom. The predicted octanol–water partition coefficient (Wildman–Crippen LogP) is 1.56. The maximum absolute atomic E-state index is 11.7. The second kappa shape index (κ2) is 2.74. The Labute approximate surface area is 78.4 Å². The number of sulfone groups is 1. The van der Waals surface area contributed by atoms with Gasteiger partial charge in [-0.2, -0.15) is 0 Å². The van der Waals surface area contributed by atoms with Crippen LogP contribution in [0.15, 0.2) is 11.3 Å². The van der Waals surface area contributed by atoms with Crippen LogP contribution in [0.3, 0.4) is 0 Å². The first kappa shape index (κ1) is 9.06. The van der Waals surface area contributed by atoms with Crippen LogP contribution in [0.25, 0.3) is 0 Å². The first-order valence-electron chi connectivity index (χ1n) is 4.69.